The number of fused-ring (bicyclic) bond motifs is 1. The number of hydrogen-bond donors (Lipinski definition) is 1. The molecule has 154 valence electrons. The summed E-state index contributed by atoms with van der Waals surface area (Å²) in [6, 6.07) is 11.7. The van der Waals surface area contributed by atoms with Gasteiger partial charge in [-0.3, -0.25) is 4.79 Å². The molecule has 30 heavy (non-hydrogen) atoms. The summed E-state index contributed by atoms with van der Waals surface area (Å²) in [5.41, 5.74) is 1.95. The second kappa shape index (κ2) is 8.11. The molecule has 0 spiro atoms. The molecular weight excluding hydrogens is 408 g/mol. The van der Waals surface area contributed by atoms with Gasteiger partial charge in [0.05, 0.1) is 14.2 Å². The summed E-state index contributed by atoms with van der Waals surface area (Å²) in [5.74, 6) is 0.600. The molecule has 1 aromatic heterocycles. The van der Waals surface area contributed by atoms with Gasteiger partial charge in [0.15, 0.2) is 0 Å². The first-order chi connectivity index (χ1) is 14.5. The topological polar surface area (TPSA) is 104 Å². The van der Waals surface area contributed by atoms with Gasteiger partial charge in [0.2, 0.25) is 5.91 Å². The summed E-state index contributed by atoms with van der Waals surface area (Å²) in [4.78, 5) is 17.8. The number of rotatable bonds is 5. The molecule has 2 heterocycles. The number of benzene rings is 2. The van der Waals surface area contributed by atoms with Gasteiger partial charge >= 0.3 is 0 Å². The minimum atomic E-state index is -0.668. The summed E-state index contributed by atoms with van der Waals surface area (Å²) in [6.45, 7) is 1.79. The van der Waals surface area contributed by atoms with Crippen LogP contribution in [0.3, 0.4) is 0 Å². The molecule has 3 aromatic rings. The summed E-state index contributed by atoms with van der Waals surface area (Å²) < 4.78 is 12.4. The first-order valence-corrected chi connectivity index (χ1v) is 9.51. The normalized spacial score (nSPS) is 17.7. The highest BCUT2D eigenvalue weighted by molar-refractivity contribution is 6.30. The highest BCUT2D eigenvalue weighted by atomic mass is 35.5. The van der Waals surface area contributed by atoms with Crippen molar-refractivity contribution in [2.75, 3.05) is 19.5 Å². The third kappa shape index (κ3) is 3.59. The number of carbonyl (C=O) groups excluding carboxylic acids is 1. The predicted octanol–water partition coefficient (Wildman–Crippen LogP) is 3.29. The molecular formula is C20H19ClN6O3. The van der Waals surface area contributed by atoms with E-state index in [1.54, 1.807) is 57.5 Å². The number of hydrogen-bond acceptors (Lipinski definition) is 7. The van der Waals surface area contributed by atoms with Crippen LogP contribution >= 0.6 is 11.6 Å². The number of ether oxygens (including phenoxy) is 2. The smallest absolute Gasteiger partial charge is 0.269 e. The zero-order chi connectivity index (χ0) is 21.3. The summed E-state index contributed by atoms with van der Waals surface area (Å²) in [7, 11) is 3.14. The summed E-state index contributed by atoms with van der Waals surface area (Å²) in [6.07, 6.45) is 0. The van der Waals surface area contributed by atoms with Crippen LogP contribution in [0.15, 0.2) is 47.5 Å². The lowest BCUT2D eigenvalue weighted by Crippen LogP contribution is -2.39. The second-order valence-corrected chi connectivity index (χ2v) is 7.14. The van der Waals surface area contributed by atoms with E-state index in [9.17, 15) is 4.79 Å². The van der Waals surface area contributed by atoms with Gasteiger partial charge in [-0.2, -0.15) is 0 Å². The Hall–Kier alpha value is -3.46. The van der Waals surface area contributed by atoms with Crippen LogP contribution in [0.1, 0.15) is 18.5 Å². The van der Waals surface area contributed by atoms with Crippen LogP contribution in [0, 0.1) is 5.92 Å². The first kappa shape index (κ1) is 19.8. The number of aliphatic imine (C=N–C) groups is 1. The van der Waals surface area contributed by atoms with Crippen molar-refractivity contribution >= 4 is 34.9 Å². The molecule has 2 unspecified atom stereocenters. The van der Waals surface area contributed by atoms with Gasteiger partial charge < -0.3 is 14.8 Å². The number of carbonyl (C=O) groups is 1. The van der Waals surface area contributed by atoms with E-state index in [2.05, 4.69) is 25.8 Å². The first-order valence-electron chi connectivity index (χ1n) is 9.13. The molecule has 1 aliphatic heterocycles. The Bertz CT molecular complexity index is 1110. The molecule has 0 aliphatic carbocycles. The third-order valence-corrected chi connectivity index (χ3v) is 5.19. The largest absolute Gasteiger partial charge is 0.497 e. The fraction of sp³-hybridized carbons (Fsp3) is 0.250. The lowest BCUT2D eigenvalue weighted by molar-refractivity contribution is -0.118. The van der Waals surface area contributed by atoms with E-state index in [1.165, 1.54) is 4.68 Å². The summed E-state index contributed by atoms with van der Waals surface area (Å²) >= 11 is 5.94. The van der Waals surface area contributed by atoms with Gasteiger partial charge in [0.1, 0.15) is 23.5 Å². The van der Waals surface area contributed by atoms with Gasteiger partial charge in [0, 0.05) is 28.1 Å². The van der Waals surface area contributed by atoms with Crippen molar-refractivity contribution < 1.29 is 14.3 Å². The maximum atomic E-state index is 13.3. The molecule has 0 radical (unpaired) electrons. The fourth-order valence-electron chi connectivity index (χ4n) is 3.50. The molecule has 1 aliphatic rings. The van der Waals surface area contributed by atoms with E-state index in [0.717, 1.165) is 5.56 Å². The van der Waals surface area contributed by atoms with Gasteiger partial charge in [-0.25, -0.2) is 9.67 Å². The number of aromatic nitrogens is 4. The van der Waals surface area contributed by atoms with Gasteiger partial charge in [-0.05, 0) is 53.7 Å². The summed E-state index contributed by atoms with van der Waals surface area (Å²) in [5, 5.41) is 15.3. The Morgan fingerprint density at radius 3 is 2.60 bits per heavy atom. The zero-order valence-corrected chi connectivity index (χ0v) is 17.3. The molecule has 4 rings (SSSR count). The molecule has 2 aromatic carbocycles. The predicted molar refractivity (Wildman–Crippen MR) is 112 cm³/mol. The molecule has 0 saturated heterocycles. The molecule has 2 atom stereocenters. The maximum Gasteiger partial charge on any atom is 0.269 e. The van der Waals surface area contributed by atoms with Crippen LogP contribution in [0.25, 0.3) is 0 Å². The minimum absolute atomic E-state index is 0.248. The lowest BCUT2D eigenvalue weighted by atomic mass is 9.87. The Morgan fingerprint density at radius 2 is 1.90 bits per heavy atom. The number of nitrogens with zero attached hydrogens (tertiary/aromatic N) is 5. The maximum absolute atomic E-state index is 13.3. The van der Waals surface area contributed by atoms with Crippen LogP contribution < -0.4 is 14.8 Å². The van der Waals surface area contributed by atoms with Crippen molar-refractivity contribution in [3.8, 4) is 11.5 Å². The van der Waals surface area contributed by atoms with Gasteiger partial charge in [-0.1, -0.05) is 16.7 Å². The van der Waals surface area contributed by atoms with Crippen molar-refractivity contribution in [1.29, 1.82) is 0 Å². The van der Waals surface area contributed by atoms with Crippen LogP contribution in [0.2, 0.25) is 5.02 Å². The number of amides is 1. The minimum Gasteiger partial charge on any atom is -0.497 e. The quantitative estimate of drug-likeness (QED) is 0.671. The van der Waals surface area contributed by atoms with Crippen LogP contribution in [0.5, 0.6) is 11.5 Å². The average molecular weight is 427 g/mol. The fourth-order valence-corrected chi connectivity index (χ4v) is 3.63. The van der Waals surface area contributed by atoms with Gasteiger partial charge in [0.25, 0.3) is 5.95 Å². The number of halogens is 1. The van der Waals surface area contributed by atoms with Crippen molar-refractivity contribution in [3.63, 3.8) is 0 Å². The van der Waals surface area contributed by atoms with Crippen LogP contribution in [0.4, 0.5) is 11.6 Å². The molecule has 9 nitrogen and oxygen atoms in total. The molecule has 0 bridgehead atoms. The van der Waals surface area contributed by atoms with E-state index in [0.29, 0.717) is 33.9 Å². The average Bonchev–Trinajstić information content (AvgIpc) is 3.21. The Labute approximate surface area is 177 Å². The molecule has 0 saturated carbocycles. The lowest BCUT2D eigenvalue weighted by Gasteiger charge is -2.30. The SMILES string of the molecule is COc1ccc(C2C(C(=O)Nc3ccc(Cl)cc3)C(C)=Nc3nnnn32)c(OC)c1. The number of methoxy groups -OCH3 is 2. The van der Waals surface area contributed by atoms with Crippen molar-refractivity contribution in [1.82, 2.24) is 20.2 Å². The molecule has 0 fully saturated rings. The van der Waals surface area contributed by atoms with Crippen LogP contribution in [-0.2, 0) is 4.79 Å². The standard InChI is InChI=1S/C20H19ClN6O3/c1-11-17(19(28)23-13-6-4-12(21)5-7-13)18(27-20(22-11)24-25-26-27)15-9-8-14(29-2)10-16(15)30-3/h4-10,17-18H,1-3H3,(H,23,28). The zero-order valence-electron chi connectivity index (χ0n) is 16.5. The van der Waals surface area contributed by atoms with Crippen LogP contribution in [-0.4, -0.2) is 46.0 Å². The monoisotopic (exact) mass is 426 g/mol. The third-order valence-electron chi connectivity index (χ3n) is 4.93. The second-order valence-electron chi connectivity index (χ2n) is 6.70. The number of anilines is 1. The van der Waals surface area contributed by atoms with E-state index in [4.69, 9.17) is 21.1 Å². The van der Waals surface area contributed by atoms with E-state index in [1.807, 2.05) is 6.07 Å². The Kier molecular flexibility index (Phi) is 5.37. The Balaban J connectivity index is 1.78. The number of tetrazole rings is 1. The van der Waals surface area contributed by atoms with Crippen molar-refractivity contribution in [3.05, 3.63) is 53.1 Å². The molecule has 10 heteroatoms. The van der Waals surface area contributed by atoms with E-state index < -0.39 is 12.0 Å². The van der Waals surface area contributed by atoms with Gasteiger partial charge in [-0.15, -0.1) is 0 Å². The van der Waals surface area contributed by atoms with E-state index in [-0.39, 0.29) is 5.91 Å². The Morgan fingerprint density at radius 1 is 1.13 bits per heavy atom. The molecule has 1 amide bonds. The number of nitrogens with one attached hydrogen (secondary N) is 1. The van der Waals surface area contributed by atoms with Crippen molar-refractivity contribution in [2.24, 2.45) is 10.9 Å². The molecule has 1 N–H and O–H groups in total. The highest BCUT2D eigenvalue weighted by Crippen LogP contribution is 2.40. The highest BCUT2D eigenvalue weighted by Gasteiger charge is 2.40. The van der Waals surface area contributed by atoms with Crippen molar-refractivity contribution in [2.45, 2.75) is 13.0 Å². The van der Waals surface area contributed by atoms with E-state index >= 15 is 0 Å².